The van der Waals surface area contributed by atoms with Gasteiger partial charge in [0.05, 0.1) is 29.1 Å². The zero-order valence-electron chi connectivity index (χ0n) is 11.0. The number of pyridine rings is 1. The Hall–Kier alpha value is -0.615. The van der Waals surface area contributed by atoms with Crippen molar-refractivity contribution in [1.82, 2.24) is 4.98 Å². The topological polar surface area (TPSA) is 51.6 Å². The van der Waals surface area contributed by atoms with Crippen molar-refractivity contribution in [3.63, 3.8) is 0 Å². The molecule has 0 atom stereocenters. The molecule has 0 aromatic carbocycles. The second kappa shape index (κ2) is 4.49. The van der Waals surface area contributed by atoms with Crippen LogP contribution in [-0.4, -0.2) is 28.4 Å². The summed E-state index contributed by atoms with van der Waals surface area (Å²) in [7, 11) is -0.556. The van der Waals surface area contributed by atoms with Gasteiger partial charge in [-0.2, -0.15) is 0 Å². The average molecular weight is 270 g/mol. The van der Waals surface area contributed by atoms with E-state index in [1.54, 1.807) is 12.1 Å². The summed E-state index contributed by atoms with van der Waals surface area (Å²) in [6.07, 6.45) is 0. The number of aliphatic hydroxyl groups excluding tert-OH is 1. The maximum atomic E-state index is 9.13. The molecule has 0 aliphatic carbocycles. The summed E-state index contributed by atoms with van der Waals surface area (Å²) < 4.78 is 11.8. The lowest BCUT2D eigenvalue weighted by Crippen LogP contribution is -2.41. The van der Waals surface area contributed by atoms with Gasteiger partial charge in [-0.3, -0.25) is 4.98 Å². The van der Waals surface area contributed by atoms with Gasteiger partial charge in [0.25, 0.3) is 0 Å². The molecule has 1 aliphatic heterocycles. The van der Waals surface area contributed by atoms with Crippen molar-refractivity contribution >= 4 is 24.3 Å². The van der Waals surface area contributed by atoms with Gasteiger partial charge in [-0.15, -0.1) is 0 Å². The Labute approximate surface area is 112 Å². The first-order valence-corrected chi connectivity index (χ1v) is 6.26. The minimum atomic E-state index is -0.556. The van der Waals surface area contributed by atoms with Crippen molar-refractivity contribution in [2.24, 2.45) is 0 Å². The Balaban J connectivity index is 2.32. The van der Waals surface area contributed by atoms with Crippen molar-refractivity contribution in [3.8, 4) is 0 Å². The lowest BCUT2D eigenvalue weighted by molar-refractivity contribution is 0.00578. The van der Waals surface area contributed by atoms with Gasteiger partial charge in [0.2, 0.25) is 0 Å². The number of halogens is 1. The number of nitrogens with zero attached hydrogens (tertiary/aromatic N) is 1. The van der Waals surface area contributed by atoms with Crippen LogP contribution in [0.1, 0.15) is 33.4 Å². The van der Waals surface area contributed by atoms with Gasteiger partial charge in [0.1, 0.15) is 0 Å². The molecular formula is C12H17BClNO3. The van der Waals surface area contributed by atoms with Crippen LogP contribution in [0.4, 0.5) is 0 Å². The molecule has 98 valence electrons. The van der Waals surface area contributed by atoms with Gasteiger partial charge in [-0.1, -0.05) is 11.6 Å². The summed E-state index contributed by atoms with van der Waals surface area (Å²) in [5.41, 5.74) is 0.264. The molecule has 4 nitrogen and oxygen atoms in total. The number of rotatable bonds is 2. The van der Waals surface area contributed by atoms with E-state index >= 15 is 0 Å². The monoisotopic (exact) mass is 269 g/mol. The van der Waals surface area contributed by atoms with Gasteiger partial charge < -0.3 is 14.4 Å². The summed E-state index contributed by atoms with van der Waals surface area (Å²) in [6.45, 7) is 7.75. The minimum Gasteiger partial charge on any atom is -0.398 e. The Morgan fingerprint density at radius 3 is 2.28 bits per heavy atom. The molecule has 2 rings (SSSR count). The number of aromatic nitrogens is 1. The molecule has 18 heavy (non-hydrogen) atoms. The van der Waals surface area contributed by atoms with E-state index in [2.05, 4.69) is 4.98 Å². The number of hydrogen-bond acceptors (Lipinski definition) is 4. The Morgan fingerprint density at radius 1 is 1.22 bits per heavy atom. The fourth-order valence-electron chi connectivity index (χ4n) is 1.74. The van der Waals surface area contributed by atoms with Crippen LogP contribution in [0.2, 0.25) is 5.02 Å². The Morgan fingerprint density at radius 2 is 1.78 bits per heavy atom. The second-order valence-corrected chi connectivity index (χ2v) is 5.88. The van der Waals surface area contributed by atoms with E-state index in [9.17, 15) is 0 Å². The molecule has 1 N–H and O–H groups in total. The van der Waals surface area contributed by atoms with Crippen LogP contribution >= 0.6 is 11.6 Å². The second-order valence-electron chi connectivity index (χ2n) is 5.45. The molecule has 0 unspecified atom stereocenters. The smallest absolute Gasteiger partial charge is 0.398 e. The molecule has 1 aromatic heterocycles. The number of aliphatic hydroxyl groups is 1. The van der Waals surface area contributed by atoms with E-state index in [1.165, 1.54) is 0 Å². The molecule has 1 saturated heterocycles. The average Bonchev–Trinajstić information content (AvgIpc) is 2.47. The lowest BCUT2D eigenvalue weighted by Gasteiger charge is -2.32. The maximum absolute atomic E-state index is 9.13. The van der Waals surface area contributed by atoms with Crippen LogP contribution in [0.25, 0.3) is 0 Å². The SMILES string of the molecule is CC1(C)OB(c2cc(Cl)cc(CO)n2)OC1(C)C. The molecule has 0 amide bonds. The summed E-state index contributed by atoms with van der Waals surface area (Å²) >= 11 is 5.99. The van der Waals surface area contributed by atoms with E-state index in [0.717, 1.165) is 0 Å². The summed E-state index contributed by atoms with van der Waals surface area (Å²) in [5.74, 6) is 0. The molecular weight excluding hydrogens is 252 g/mol. The highest BCUT2D eigenvalue weighted by atomic mass is 35.5. The predicted molar refractivity (Wildman–Crippen MR) is 70.9 cm³/mol. The van der Waals surface area contributed by atoms with Crippen LogP contribution < -0.4 is 5.59 Å². The van der Waals surface area contributed by atoms with Gasteiger partial charge in [0, 0.05) is 5.02 Å². The Bertz CT molecular complexity index is 449. The van der Waals surface area contributed by atoms with Crippen LogP contribution in [0.5, 0.6) is 0 Å². The van der Waals surface area contributed by atoms with Crippen LogP contribution in [0, 0.1) is 0 Å². The van der Waals surface area contributed by atoms with Crippen molar-refractivity contribution in [3.05, 3.63) is 22.8 Å². The molecule has 0 bridgehead atoms. The molecule has 1 fully saturated rings. The fraction of sp³-hybridized carbons (Fsp3) is 0.583. The van der Waals surface area contributed by atoms with E-state index < -0.39 is 18.3 Å². The van der Waals surface area contributed by atoms with Gasteiger partial charge in [-0.05, 0) is 39.8 Å². The first-order valence-electron chi connectivity index (χ1n) is 5.88. The van der Waals surface area contributed by atoms with E-state index in [-0.39, 0.29) is 6.61 Å². The van der Waals surface area contributed by atoms with Crippen molar-refractivity contribution in [2.75, 3.05) is 0 Å². The van der Waals surface area contributed by atoms with Gasteiger partial charge >= 0.3 is 7.12 Å². The highest BCUT2D eigenvalue weighted by Crippen LogP contribution is 2.36. The van der Waals surface area contributed by atoms with Crippen LogP contribution in [0.3, 0.4) is 0 Å². The van der Waals surface area contributed by atoms with Gasteiger partial charge in [0.15, 0.2) is 0 Å². The van der Waals surface area contributed by atoms with E-state index in [1.807, 2.05) is 27.7 Å². The maximum Gasteiger partial charge on any atom is 0.514 e. The molecule has 6 heteroatoms. The van der Waals surface area contributed by atoms with Crippen LogP contribution in [0.15, 0.2) is 12.1 Å². The number of hydrogen-bond donors (Lipinski definition) is 1. The summed E-state index contributed by atoms with van der Waals surface area (Å²) in [6, 6.07) is 3.32. The quantitative estimate of drug-likeness (QED) is 0.827. The zero-order chi connectivity index (χ0) is 13.6. The molecule has 0 radical (unpaired) electrons. The predicted octanol–water partition coefficient (Wildman–Crippen LogP) is 1.53. The highest BCUT2D eigenvalue weighted by Gasteiger charge is 2.52. The third-order valence-electron chi connectivity index (χ3n) is 3.52. The third kappa shape index (κ3) is 2.40. The van der Waals surface area contributed by atoms with Crippen molar-refractivity contribution in [2.45, 2.75) is 45.5 Å². The van der Waals surface area contributed by atoms with Crippen molar-refractivity contribution < 1.29 is 14.4 Å². The molecule has 1 aliphatic rings. The summed E-state index contributed by atoms with van der Waals surface area (Å²) in [5, 5.41) is 9.64. The van der Waals surface area contributed by atoms with Crippen LogP contribution in [-0.2, 0) is 15.9 Å². The molecule has 0 saturated carbocycles. The highest BCUT2D eigenvalue weighted by molar-refractivity contribution is 6.61. The molecule has 2 heterocycles. The summed E-state index contributed by atoms with van der Waals surface area (Å²) in [4.78, 5) is 4.28. The largest absolute Gasteiger partial charge is 0.514 e. The first kappa shape index (κ1) is 13.8. The standard InChI is InChI=1S/C12H17BClNO3/c1-11(2)12(3,4)18-13(17-11)10-6-8(14)5-9(7-16)15-10/h5-6,16H,7H2,1-4H3. The van der Waals surface area contributed by atoms with Gasteiger partial charge in [-0.25, -0.2) is 0 Å². The zero-order valence-corrected chi connectivity index (χ0v) is 11.8. The van der Waals surface area contributed by atoms with E-state index in [4.69, 9.17) is 26.0 Å². The minimum absolute atomic E-state index is 0.160. The first-order chi connectivity index (χ1) is 8.25. The molecule has 0 spiro atoms. The Kier molecular flexibility index (Phi) is 3.45. The fourth-order valence-corrected chi connectivity index (χ4v) is 1.98. The molecule has 1 aromatic rings. The normalized spacial score (nSPS) is 21.3. The van der Waals surface area contributed by atoms with Crippen molar-refractivity contribution in [1.29, 1.82) is 0 Å². The lowest BCUT2D eigenvalue weighted by atomic mass is 9.84. The van der Waals surface area contributed by atoms with E-state index in [0.29, 0.717) is 16.3 Å². The third-order valence-corrected chi connectivity index (χ3v) is 3.74.